The minimum atomic E-state index is -0.225. The summed E-state index contributed by atoms with van der Waals surface area (Å²) < 4.78 is 0. The van der Waals surface area contributed by atoms with Gasteiger partial charge in [-0.1, -0.05) is 60.7 Å². The largest absolute Gasteiger partial charge is 0.290 e. The van der Waals surface area contributed by atoms with Gasteiger partial charge in [0.25, 0.3) is 0 Å². The van der Waals surface area contributed by atoms with Crippen molar-refractivity contribution in [1.82, 2.24) is 0 Å². The number of hydrogen-bond donors (Lipinski definition) is 0. The smallest absolute Gasteiger partial charge is 0.186 e. The third-order valence-electron chi connectivity index (χ3n) is 4.40. The molecule has 114 valence electrons. The SMILES string of the molecule is CC1=C(C)C(=O)C(C(c2ccccc2)c2ccccc2)=CC1=O. The number of rotatable bonds is 3. The van der Waals surface area contributed by atoms with Crippen molar-refractivity contribution in [3.8, 4) is 0 Å². The Morgan fingerprint density at radius 2 is 1.17 bits per heavy atom. The number of carbonyl (C=O) groups is 2. The molecule has 0 atom stereocenters. The van der Waals surface area contributed by atoms with Gasteiger partial charge in [-0.15, -0.1) is 0 Å². The summed E-state index contributed by atoms with van der Waals surface area (Å²) in [4.78, 5) is 25.0. The number of carbonyl (C=O) groups excluding carboxylic acids is 2. The average Bonchev–Trinajstić information content (AvgIpc) is 2.60. The fraction of sp³-hybridized carbons (Fsp3) is 0.143. The van der Waals surface area contributed by atoms with Crippen LogP contribution in [-0.2, 0) is 9.59 Å². The summed E-state index contributed by atoms with van der Waals surface area (Å²) in [5.74, 6) is -0.342. The monoisotopic (exact) mass is 302 g/mol. The Labute approximate surface area is 136 Å². The standard InChI is InChI=1S/C21H18O2/c1-14-15(2)21(23)18(13-19(14)22)20(16-9-5-3-6-10-16)17-11-7-4-8-12-17/h3-13,20H,1-2H3. The minimum absolute atomic E-state index is 0.0418. The molecule has 2 nitrogen and oxygen atoms in total. The van der Waals surface area contributed by atoms with E-state index in [9.17, 15) is 9.59 Å². The van der Waals surface area contributed by atoms with Gasteiger partial charge in [-0.05, 0) is 31.1 Å². The predicted molar refractivity (Wildman–Crippen MR) is 91.2 cm³/mol. The average molecular weight is 302 g/mol. The number of hydrogen-bond acceptors (Lipinski definition) is 2. The lowest BCUT2D eigenvalue weighted by Crippen LogP contribution is -2.21. The van der Waals surface area contributed by atoms with Crippen molar-refractivity contribution in [2.24, 2.45) is 0 Å². The van der Waals surface area contributed by atoms with Gasteiger partial charge in [0.15, 0.2) is 11.6 Å². The first kappa shape index (κ1) is 15.2. The van der Waals surface area contributed by atoms with Crippen molar-refractivity contribution in [3.05, 3.63) is 94.6 Å². The lowest BCUT2D eigenvalue weighted by Gasteiger charge is -2.24. The molecule has 0 aliphatic heterocycles. The normalized spacial score (nSPS) is 15.2. The van der Waals surface area contributed by atoms with Crippen LogP contribution in [0.4, 0.5) is 0 Å². The van der Waals surface area contributed by atoms with E-state index in [4.69, 9.17) is 0 Å². The van der Waals surface area contributed by atoms with E-state index in [1.165, 1.54) is 6.08 Å². The lowest BCUT2D eigenvalue weighted by atomic mass is 9.78. The van der Waals surface area contributed by atoms with Crippen LogP contribution in [0.5, 0.6) is 0 Å². The first-order chi connectivity index (χ1) is 11.1. The summed E-state index contributed by atoms with van der Waals surface area (Å²) in [5, 5.41) is 0. The van der Waals surface area contributed by atoms with Gasteiger partial charge in [0.05, 0.1) is 0 Å². The summed E-state index contributed by atoms with van der Waals surface area (Å²) in [5.41, 5.74) is 3.66. The highest BCUT2D eigenvalue weighted by molar-refractivity contribution is 6.23. The van der Waals surface area contributed by atoms with Crippen LogP contribution in [-0.4, -0.2) is 11.6 Å². The lowest BCUT2D eigenvalue weighted by molar-refractivity contribution is -0.116. The van der Waals surface area contributed by atoms with Crippen molar-refractivity contribution in [2.45, 2.75) is 19.8 Å². The van der Waals surface area contributed by atoms with Gasteiger partial charge in [0, 0.05) is 22.6 Å². The van der Waals surface area contributed by atoms with E-state index < -0.39 is 0 Å². The van der Waals surface area contributed by atoms with Crippen LogP contribution in [0.25, 0.3) is 0 Å². The molecule has 0 heterocycles. The third kappa shape index (κ3) is 2.80. The Kier molecular flexibility index (Phi) is 4.07. The second-order valence-corrected chi connectivity index (χ2v) is 5.80. The topological polar surface area (TPSA) is 34.1 Å². The van der Waals surface area contributed by atoms with Crippen molar-refractivity contribution in [3.63, 3.8) is 0 Å². The van der Waals surface area contributed by atoms with Crippen molar-refractivity contribution < 1.29 is 9.59 Å². The molecule has 1 aliphatic carbocycles. The second-order valence-electron chi connectivity index (χ2n) is 5.80. The Bertz CT molecular complexity index is 772. The maximum Gasteiger partial charge on any atom is 0.186 e. The first-order valence-electron chi connectivity index (χ1n) is 7.67. The molecule has 1 aliphatic rings. The number of Topliss-reactive ketones (excluding diaryl/α,β-unsaturated/α-hetero) is 1. The van der Waals surface area contributed by atoms with Gasteiger partial charge in [-0.25, -0.2) is 0 Å². The molecule has 0 fully saturated rings. The molecular formula is C21H18O2. The molecule has 2 heteroatoms. The highest BCUT2D eigenvalue weighted by Crippen LogP contribution is 2.35. The third-order valence-corrected chi connectivity index (χ3v) is 4.40. The van der Waals surface area contributed by atoms with Gasteiger partial charge < -0.3 is 0 Å². The van der Waals surface area contributed by atoms with E-state index >= 15 is 0 Å². The van der Waals surface area contributed by atoms with Gasteiger partial charge in [-0.3, -0.25) is 9.59 Å². The molecule has 0 spiro atoms. The molecule has 0 radical (unpaired) electrons. The fourth-order valence-electron chi connectivity index (χ4n) is 2.94. The molecule has 2 aromatic carbocycles. The van der Waals surface area contributed by atoms with Crippen molar-refractivity contribution in [1.29, 1.82) is 0 Å². The molecule has 0 amide bonds. The second kappa shape index (κ2) is 6.17. The van der Waals surface area contributed by atoms with E-state index in [1.54, 1.807) is 13.8 Å². The van der Waals surface area contributed by atoms with Crippen LogP contribution in [0, 0.1) is 0 Å². The van der Waals surface area contributed by atoms with Crippen LogP contribution >= 0.6 is 0 Å². The van der Waals surface area contributed by atoms with E-state index in [-0.39, 0.29) is 17.5 Å². The van der Waals surface area contributed by atoms with E-state index in [0.717, 1.165) is 11.1 Å². The Morgan fingerprint density at radius 1 is 0.696 bits per heavy atom. The van der Waals surface area contributed by atoms with Crippen molar-refractivity contribution in [2.75, 3.05) is 0 Å². The highest BCUT2D eigenvalue weighted by Gasteiger charge is 2.30. The zero-order valence-electron chi connectivity index (χ0n) is 13.2. The highest BCUT2D eigenvalue weighted by atomic mass is 16.1. The molecular weight excluding hydrogens is 284 g/mol. The van der Waals surface area contributed by atoms with Crippen LogP contribution in [0.1, 0.15) is 30.9 Å². The Balaban J connectivity index is 2.16. The molecule has 0 N–H and O–H groups in total. The quantitative estimate of drug-likeness (QED) is 0.795. The molecule has 2 aromatic rings. The minimum Gasteiger partial charge on any atom is -0.290 e. The zero-order chi connectivity index (χ0) is 16.4. The molecule has 0 saturated carbocycles. The summed E-state index contributed by atoms with van der Waals surface area (Å²) >= 11 is 0. The molecule has 0 bridgehead atoms. The van der Waals surface area contributed by atoms with Crippen LogP contribution < -0.4 is 0 Å². The fourth-order valence-corrected chi connectivity index (χ4v) is 2.94. The van der Waals surface area contributed by atoms with E-state index in [1.807, 2.05) is 60.7 Å². The number of ketones is 2. The van der Waals surface area contributed by atoms with Gasteiger partial charge in [0.1, 0.15) is 0 Å². The van der Waals surface area contributed by atoms with E-state index in [0.29, 0.717) is 16.7 Å². The molecule has 0 aromatic heterocycles. The summed E-state index contributed by atoms with van der Waals surface area (Å²) in [6, 6.07) is 19.7. The Morgan fingerprint density at radius 3 is 1.65 bits per heavy atom. The maximum absolute atomic E-state index is 12.8. The zero-order valence-corrected chi connectivity index (χ0v) is 13.2. The summed E-state index contributed by atoms with van der Waals surface area (Å²) in [6.07, 6.45) is 1.51. The first-order valence-corrected chi connectivity index (χ1v) is 7.67. The molecule has 0 unspecified atom stereocenters. The van der Waals surface area contributed by atoms with E-state index in [2.05, 4.69) is 0 Å². The van der Waals surface area contributed by atoms with Crippen LogP contribution in [0.2, 0.25) is 0 Å². The van der Waals surface area contributed by atoms with Crippen LogP contribution in [0.3, 0.4) is 0 Å². The summed E-state index contributed by atoms with van der Waals surface area (Å²) in [7, 11) is 0. The molecule has 23 heavy (non-hydrogen) atoms. The molecule has 3 rings (SSSR count). The summed E-state index contributed by atoms with van der Waals surface area (Å²) in [6.45, 7) is 3.44. The maximum atomic E-state index is 12.8. The predicted octanol–water partition coefficient (Wildman–Crippen LogP) is 4.23. The van der Waals surface area contributed by atoms with Crippen LogP contribution in [0.15, 0.2) is 83.5 Å². The van der Waals surface area contributed by atoms with Gasteiger partial charge in [0.2, 0.25) is 0 Å². The molecule has 0 saturated heterocycles. The number of benzene rings is 2. The van der Waals surface area contributed by atoms with Crippen molar-refractivity contribution >= 4 is 11.6 Å². The number of allylic oxidation sites excluding steroid dienone is 4. The van der Waals surface area contributed by atoms with Gasteiger partial charge >= 0.3 is 0 Å². The van der Waals surface area contributed by atoms with Gasteiger partial charge in [-0.2, -0.15) is 0 Å². The Hall–Kier alpha value is -2.74.